The van der Waals surface area contributed by atoms with Crippen molar-refractivity contribution in [3.05, 3.63) is 60.0 Å². The molecule has 1 saturated heterocycles. The number of fused-ring (bicyclic) bond motifs is 1. The van der Waals surface area contributed by atoms with Gasteiger partial charge in [-0.2, -0.15) is 0 Å². The van der Waals surface area contributed by atoms with Gasteiger partial charge in [0.2, 0.25) is 0 Å². The fourth-order valence-corrected chi connectivity index (χ4v) is 3.80. The van der Waals surface area contributed by atoms with Crippen molar-refractivity contribution in [3.63, 3.8) is 0 Å². The van der Waals surface area contributed by atoms with Gasteiger partial charge in [-0.25, -0.2) is 4.39 Å². The SMILES string of the molecule is COc1ccccc1N1CCN(C[C@@H](O)c2c[nH]c3ccc(F)cc23)CC1. The molecule has 0 radical (unpaired) electrons. The molecule has 0 bridgehead atoms. The summed E-state index contributed by atoms with van der Waals surface area (Å²) in [5.41, 5.74) is 2.69. The van der Waals surface area contributed by atoms with Crippen molar-refractivity contribution >= 4 is 16.6 Å². The fourth-order valence-electron chi connectivity index (χ4n) is 3.80. The zero-order valence-electron chi connectivity index (χ0n) is 15.4. The maximum Gasteiger partial charge on any atom is 0.142 e. The standard InChI is InChI=1S/C21H24FN3O2/c1-27-21-5-3-2-4-19(21)25-10-8-24(9-11-25)14-20(26)17-13-23-18-7-6-15(22)12-16(17)18/h2-7,12-13,20,23,26H,8-11,14H2,1H3/t20-/m1/s1. The molecule has 1 aromatic heterocycles. The molecule has 0 aliphatic carbocycles. The average molecular weight is 369 g/mol. The number of rotatable bonds is 5. The van der Waals surface area contributed by atoms with Crippen LogP contribution >= 0.6 is 0 Å². The number of aromatic amines is 1. The van der Waals surface area contributed by atoms with Gasteiger partial charge in [-0.1, -0.05) is 12.1 Å². The molecule has 1 aliphatic heterocycles. The number of nitrogens with one attached hydrogen (secondary N) is 1. The number of β-amino-alcohol motifs (C(OH)–C–C–N with tert-alkyl or cyclic N) is 1. The van der Waals surface area contributed by atoms with Crippen LogP contribution in [0.4, 0.5) is 10.1 Å². The normalized spacial score (nSPS) is 16.6. The van der Waals surface area contributed by atoms with E-state index in [1.54, 1.807) is 19.4 Å². The summed E-state index contributed by atoms with van der Waals surface area (Å²) in [7, 11) is 1.69. The van der Waals surface area contributed by atoms with E-state index in [2.05, 4.69) is 20.9 Å². The molecule has 4 rings (SSSR count). The lowest BCUT2D eigenvalue weighted by Crippen LogP contribution is -2.47. The minimum absolute atomic E-state index is 0.291. The summed E-state index contributed by atoms with van der Waals surface area (Å²) >= 11 is 0. The molecule has 1 aliphatic rings. The van der Waals surface area contributed by atoms with Crippen LogP contribution in [-0.4, -0.2) is 54.8 Å². The molecule has 6 heteroatoms. The van der Waals surface area contributed by atoms with Gasteiger partial charge in [0.25, 0.3) is 0 Å². The molecular weight excluding hydrogens is 345 g/mol. The van der Waals surface area contributed by atoms with Gasteiger partial charge >= 0.3 is 0 Å². The number of hydrogen-bond acceptors (Lipinski definition) is 4. The number of anilines is 1. The Morgan fingerprint density at radius 1 is 1.15 bits per heavy atom. The molecule has 1 atom stereocenters. The fraction of sp³-hybridized carbons (Fsp3) is 0.333. The van der Waals surface area contributed by atoms with Gasteiger partial charge in [-0.15, -0.1) is 0 Å². The van der Waals surface area contributed by atoms with Gasteiger partial charge < -0.3 is 19.7 Å². The summed E-state index contributed by atoms with van der Waals surface area (Å²) in [5.74, 6) is 0.591. The molecule has 0 spiro atoms. The lowest BCUT2D eigenvalue weighted by molar-refractivity contribution is 0.110. The molecule has 0 unspecified atom stereocenters. The Morgan fingerprint density at radius 3 is 2.70 bits per heavy atom. The Balaban J connectivity index is 1.41. The number of hydrogen-bond donors (Lipinski definition) is 2. The van der Waals surface area contributed by atoms with Crippen molar-refractivity contribution in [2.75, 3.05) is 44.7 Å². The van der Waals surface area contributed by atoms with Crippen molar-refractivity contribution in [2.45, 2.75) is 6.10 Å². The van der Waals surface area contributed by atoms with E-state index < -0.39 is 6.10 Å². The number of methoxy groups -OCH3 is 1. The Kier molecular flexibility index (Phi) is 5.01. The number of para-hydroxylation sites is 2. The van der Waals surface area contributed by atoms with Gasteiger partial charge in [-0.05, 0) is 30.3 Å². The molecule has 3 aromatic rings. The Hall–Kier alpha value is -2.57. The third kappa shape index (κ3) is 3.63. The number of H-pyrrole nitrogens is 1. The molecule has 1 fully saturated rings. The van der Waals surface area contributed by atoms with Crippen molar-refractivity contribution in [1.82, 2.24) is 9.88 Å². The minimum atomic E-state index is -0.654. The van der Waals surface area contributed by atoms with E-state index >= 15 is 0 Å². The van der Waals surface area contributed by atoms with Gasteiger partial charge in [0.15, 0.2) is 0 Å². The third-order valence-electron chi connectivity index (χ3n) is 5.26. The largest absolute Gasteiger partial charge is 0.495 e. The van der Waals surface area contributed by atoms with Crippen LogP contribution < -0.4 is 9.64 Å². The monoisotopic (exact) mass is 369 g/mol. The number of aliphatic hydroxyl groups excluding tert-OH is 1. The third-order valence-corrected chi connectivity index (χ3v) is 5.26. The van der Waals surface area contributed by atoms with Crippen LogP contribution in [0.25, 0.3) is 10.9 Å². The molecule has 2 heterocycles. The van der Waals surface area contributed by atoms with E-state index in [1.165, 1.54) is 12.1 Å². The van der Waals surface area contributed by atoms with Crippen LogP contribution in [0.15, 0.2) is 48.7 Å². The quantitative estimate of drug-likeness (QED) is 0.725. The average Bonchev–Trinajstić information content (AvgIpc) is 3.11. The van der Waals surface area contributed by atoms with E-state index in [-0.39, 0.29) is 5.82 Å². The maximum atomic E-state index is 13.6. The van der Waals surface area contributed by atoms with Gasteiger partial charge in [0.1, 0.15) is 11.6 Å². The topological polar surface area (TPSA) is 51.7 Å². The molecule has 0 amide bonds. The number of halogens is 1. The first-order valence-corrected chi connectivity index (χ1v) is 9.20. The van der Waals surface area contributed by atoms with Gasteiger partial charge in [-0.3, -0.25) is 4.90 Å². The van der Waals surface area contributed by atoms with Crippen molar-refractivity contribution in [1.29, 1.82) is 0 Å². The number of nitrogens with zero attached hydrogens (tertiary/aromatic N) is 2. The molecule has 5 nitrogen and oxygen atoms in total. The maximum absolute atomic E-state index is 13.6. The van der Waals surface area contributed by atoms with Gasteiger partial charge in [0, 0.05) is 55.4 Å². The van der Waals surface area contributed by atoms with Crippen molar-refractivity contribution < 1.29 is 14.2 Å². The minimum Gasteiger partial charge on any atom is -0.495 e. The first kappa shape index (κ1) is 17.8. The molecule has 27 heavy (non-hydrogen) atoms. The second-order valence-corrected chi connectivity index (χ2v) is 6.91. The molecule has 142 valence electrons. The summed E-state index contributed by atoms with van der Waals surface area (Å²) in [6.45, 7) is 3.98. The summed E-state index contributed by atoms with van der Waals surface area (Å²) in [6, 6.07) is 12.6. The van der Waals surface area contributed by atoms with E-state index in [1.807, 2.05) is 18.2 Å². The first-order valence-electron chi connectivity index (χ1n) is 9.20. The number of piperazine rings is 1. The lowest BCUT2D eigenvalue weighted by atomic mass is 10.1. The van der Waals surface area contributed by atoms with Crippen LogP contribution in [-0.2, 0) is 0 Å². The highest BCUT2D eigenvalue weighted by Crippen LogP contribution is 2.29. The summed E-state index contributed by atoms with van der Waals surface area (Å²) < 4.78 is 19.0. The zero-order valence-corrected chi connectivity index (χ0v) is 15.4. The summed E-state index contributed by atoms with van der Waals surface area (Å²) in [5, 5.41) is 11.4. The van der Waals surface area contributed by atoms with Crippen LogP contribution in [0.1, 0.15) is 11.7 Å². The highest BCUT2D eigenvalue weighted by atomic mass is 19.1. The number of benzene rings is 2. The molecule has 2 aromatic carbocycles. The molecular formula is C21H24FN3O2. The highest BCUT2D eigenvalue weighted by molar-refractivity contribution is 5.83. The molecule has 2 N–H and O–H groups in total. The highest BCUT2D eigenvalue weighted by Gasteiger charge is 2.23. The van der Waals surface area contributed by atoms with E-state index in [4.69, 9.17) is 4.74 Å². The van der Waals surface area contributed by atoms with Crippen LogP contribution in [0.2, 0.25) is 0 Å². The second kappa shape index (κ2) is 7.58. The van der Waals surface area contributed by atoms with Crippen LogP contribution in [0, 0.1) is 5.82 Å². The van der Waals surface area contributed by atoms with Crippen molar-refractivity contribution in [2.24, 2.45) is 0 Å². The van der Waals surface area contributed by atoms with E-state index in [0.29, 0.717) is 6.54 Å². The van der Waals surface area contributed by atoms with E-state index in [0.717, 1.165) is 54.1 Å². The van der Waals surface area contributed by atoms with E-state index in [9.17, 15) is 9.50 Å². The number of aliphatic hydroxyl groups is 1. The predicted octanol–water partition coefficient (Wildman–Crippen LogP) is 3.17. The number of ether oxygens (including phenoxy) is 1. The molecule has 0 saturated carbocycles. The summed E-state index contributed by atoms with van der Waals surface area (Å²) in [4.78, 5) is 7.66. The predicted molar refractivity (Wildman–Crippen MR) is 105 cm³/mol. The Morgan fingerprint density at radius 2 is 1.93 bits per heavy atom. The summed E-state index contributed by atoms with van der Waals surface area (Å²) in [6.07, 6.45) is 1.12. The van der Waals surface area contributed by atoms with Gasteiger partial charge in [0.05, 0.1) is 18.9 Å². The van der Waals surface area contributed by atoms with Crippen LogP contribution in [0.3, 0.4) is 0 Å². The second-order valence-electron chi connectivity index (χ2n) is 6.91. The lowest BCUT2D eigenvalue weighted by Gasteiger charge is -2.37. The zero-order chi connectivity index (χ0) is 18.8. The number of aromatic nitrogens is 1. The smallest absolute Gasteiger partial charge is 0.142 e. The van der Waals surface area contributed by atoms with Crippen LogP contribution in [0.5, 0.6) is 5.75 Å². The van der Waals surface area contributed by atoms with Crippen molar-refractivity contribution in [3.8, 4) is 5.75 Å². The Labute approximate surface area is 158 Å². The first-order chi connectivity index (χ1) is 13.2. The Bertz CT molecular complexity index is 919.